The fraction of sp³-hybridized carbons (Fsp3) is 0.308. The van der Waals surface area contributed by atoms with Gasteiger partial charge in [0.05, 0.1) is 21.7 Å². The molecule has 5 nitrogen and oxygen atoms in total. The van der Waals surface area contributed by atoms with E-state index in [-0.39, 0.29) is 11.7 Å². The van der Waals surface area contributed by atoms with Gasteiger partial charge in [0.2, 0.25) is 0 Å². The zero-order valence-electron chi connectivity index (χ0n) is 11.3. The summed E-state index contributed by atoms with van der Waals surface area (Å²) < 4.78 is 0.670. The highest BCUT2D eigenvalue weighted by molar-refractivity contribution is 9.10. The highest BCUT2D eigenvalue weighted by Gasteiger charge is 2.15. The molecule has 0 fully saturated rings. The van der Waals surface area contributed by atoms with Crippen molar-refractivity contribution in [2.75, 3.05) is 5.32 Å². The normalized spacial score (nSPS) is 12.2. The van der Waals surface area contributed by atoms with Crippen LogP contribution in [0.2, 0.25) is 0 Å². The Kier molecular flexibility index (Phi) is 4.39. The zero-order chi connectivity index (χ0) is 14.9. The van der Waals surface area contributed by atoms with E-state index in [0.717, 1.165) is 16.4 Å². The van der Waals surface area contributed by atoms with Crippen molar-refractivity contribution in [3.8, 4) is 0 Å². The number of hydrogen-bond donors (Lipinski definition) is 1. The van der Waals surface area contributed by atoms with Crippen molar-refractivity contribution >= 4 is 38.6 Å². The summed E-state index contributed by atoms with van der Waals surface area (Å²) in [5.74, 6) is 0. The molecule has 106 valence electrons. The Balaban J connectivity index is 2.22. The molecule has 1 heterocycles. The molecule has 0 bridgehead atoms. The third kappa shape index (κ3) is 3.16. The minimum atomic E-state index is -0.411. The fourth-order valence-corrected chi connectivity index (χ4v) is 3.38. The summed E-state index contributed by atoms with van der Waals surface area (Å²) in [6.45, 7) is 6.05. The second kappa shape index (κ2) is 5.88. The van der Waals surface area contributed by atoms with E-state index in [4.69, 9.17) is 0 Å². The third-order valence-electron chi connectivity index (χ3n) is 2.89. The second-order valence-corrected chi connectivity index (χ2v) is 6.72. The molecule has 1 N–H and O–H groups in total. The fourth-order valence-electron chi connectivity index (χ4n) is 1.98. The molecular weight excluding hydrogens is 342 g/mol. The minimum absolute atomic E-state index is 0.0395. The van der Waals surface area contributed by atoms with Crippen LogP contribution in [0.1, 0.15) is 28.5 Å². The summed E-state index contributed by atoms with van der Waals surface area (Å²) in [4.78, 5) is 16.0. The Hall–Kier alpha value is -1.47. The van der Waals surface area contributed by atoms with Crippen LogP contribution in [-0.4, -0.2) is 9.91 Å². The molecular formula is C13H14BrN3O2S. The van der Waals surface area contributed by atoms with Crippen LogP contribution in [-0.2, 0) is 0 Å². The van der Waals surface area contributed by atoms with Crippen LogP contribution in [0.3, 0.4) is 0 Å². The van der Waals surface area contributed by atoms with Crippen LogP contribution in [0.25, 0.3) is 0 Å². The Morgan fingerprint density at radius 2 is 2.15 bits per heavy atom. The molecule has 1 unspecified atom stereocenters. The van der Waals surface area contributed by atoms with E-state index in [1.165, 1.54) is 17.0 Å². The highest BCUT2D eigenvalue weighted by atomic mass is 79.9. The summed E-state index contributed by atoms with van der Waals surface area (Å²) in [6.07, 6.45) is 0. The van der Waals surface area contributed by atoms with E-state index in [2.05, 4.69) is 26.2 Å². The van der Waals surface area contributed by atoms with E-state index in [9.17, 15) is 10.1 Å². The van der Waals surface area contributed by atoms with E-state index in [1.807, 2.05) is 20.8 Å². The molecule has 1 atom stereocenters. The molecule has 0 spiro atoms. The van der Waals surface area contributed by atoms with Gasteiger partial charge in [0, 0.05) is 27.2 Å². The molecule has 0 aliphatic rings. The van der Waals surface area contributed by atoms with Gasteiger partial charge in [-0.25, -0.2) is 4.98 Å². The lowest BCUT2D eigenvalue weighted by Gasteiger charge is -2.15. The average Bonchev–Trinajstić information content (AvgIpc) is 2.70. The van der Waals surface area contributed by atoms with Gasteiger partial charge in [0.25, 0.3) is 5.69 Å². The number of thiazole rings is 1. The number of halogens is 1. The number of benzene rings is 1. The number of rotatable bonds is 4. The van der Waals surface area contributed by atoms with Gasteiger partial charge in [-0.15, -0.1) is 11.3 Å². The molecule has 0 saturated carbocycles. The van der Waals surface area contributed by atoms with Gasteiger partial charge in [-0.3, -0.25) is 10.1 Å². The van der Waals surface area contributed by atoms with E-state index in [1.54, 1.807) is 17.4 Å². The number of non-ortho nitro benzene ring substituents is 1. The number of anilines is 1. The summed E-state index contributed by atoms with van der Waals surface area (Å²) in [5, 5.41) is 15.1. The first-order valence-corrected chi connectivity index (χ1v) is 7.64. The largest absolute Gasteiger partial charge is 0.376 e. The van der Waals surface area contributed by atoms with Crippen molar-refractivity contribution in [2.45, 2.75) is 26.8 Å². The summed E-state index contributed by atoms with van der Waals surface area (Å²) in [5.41, 5.74) is 1.89. The van der Waals surface area contributed by atoms with Crippen molar-refractivity contribution in [2.24, 2.45) is 0 Å². The molecule has 2 rings (SSSR count). The monoisotopic (exact) mass is 355 g/mol. The number of aromatic nitrogens is 1. The highest BCUT2D eigenvalue weighted by Crippen LogP contribution is 2.31. The maximum absolute atomic E-state index is 10.7. The van der Waals surface area contributed by atoms with Gasteiger partial charge in [0.15, 0.2) is 0 Å². The smallest absolute Gasteiger partial charge is 0.270 e. The van der Waals surface area contributed by atoms with Gasteiger partial charge >= 0.3 is 0 Å². The molecule has 1 aromatic heterocycles. The van der Waals surface area contributed by atoms with Crippen molar-refractivity contribution in [1.29, 1.82) is 0 Å². The molecule has 0 radical (unpaired) electrons. The lowest BCUT2D eigenvalue weighted by atomic mass is 10.2. The summed E-state index contributed by atoms with van der Waals surface area (Å²) >= 11 is 5.02. The maximum atomic E-state index is 10.7. The molecule has 0 amide bonds. The molecule has 1 aromatic carbocycles. The van der Waals surface area contributed by atoms with Crippen LogP contribution in [0.15, 0.2) is 22.7 Å². The number of aryl methyl sites for hydroxylation is 2. The SMILES string of the molecule is Cc1nc(C(C)Nc2ccc([N+](=O)[O-])cc2Br)c(C)s1. The first kappa shape index (κ1) is 14.9. The number of hydrogen-bond acceptors (Lipinski definition) is 5. The van der Waals surface area contributed by atoms with Gasteiger partial charge in [-0.1, -0.05) is 0 Å². The number of nitrogens with zero attached hydrogens (tertiary/aromatic N) is 2. The number of nitro benzene ring substituents is 1. The topological polar surface area (TPSA) is 68.1 Å². The van der Waals surface area contributed by atoms with Crippen molar-refractivity contribution in [3.05, 3.63) is 48.4 Å². The van der Waals surface area contributed by atoms with Crippen LogP contribution < -0.4 is 5.32 Å². The zero-order valence-corrected chi connectivity index (χ0v) is 13.7. The number of nitro groups is 1. The Bertz CT molecular complexity index is 657. The van der Waals surface area contributed by atoms with E-state index >= 15 is 0 Å². The summed E-state index contributed by atoms with van der Waals surface area (Å²) in [6, 6.07) is 4.72. The first-order chi connectivity index (χ1) is 9.38. The van der Waals surface area contributed by atoms with Crippen LogP contribution in [0.5, 0.6) is 0 Å². The average molecular weight is 356 g/mol. The second-order valence-electron chi connectivity index (χ2n) is 4.46. The summed E-state index contributed by atoms with van der Waals surface area (Å²) in [7, 11) is 0. The maximum Gasteiger partial charge on any atom is 0.270 e. The molecule has 0 saturated heterocycles. The van der Waals surface area contributed by atoms with Crippen molar-refractivity contribution in [3.63, 3.8) is 0 Å². The van der Waals surface area contributed by atoms with Crippen molar-refractivity contribution in [1.82, 2.24) is 4.98 Å². The molecule has 7 heteroatoms. The standard InChI is InChI=1S/C13H14BrN3O2S/c1-7(13-8(2)20-9(3)16-13)15-12-5-4-10(17(18)19)6-11(12)14/h4-7,15H,1-3H3. The van der Waals surface area contributed by atoms with Crippen molar-refractivity contribution < 1.29 is 4.92 Å². The van der Waals surface area contributed by atoms with E-state index < -0.39 is 4.92 Å². The van der Waals surface area contributed by atoms with Crippen LogP contribution >= 0.6 is 27.3 Å². The molecule has 0 aliphatic heterocycles. The Labute approximate surface area is 129 Å². The van der Waals surface area contributed by atoms with Crippen LogP contribution in [0.4, 0.5) is 11.4 Å². The molecule has 20 heavy (non-hydrogen) atoms. The quantitative estimate of drug-likeness (QED) is 0.642. The number of nitrogens with one attached hydrogen (secondary N) is 1. The Morgan fingerprint density at radius 3 is 2.65 bits per heavy atom. The van der Waals surface area contributed by atoms with Gasteiger partial charge in [-0.2, -0.15) is 0 Å². The lowest BCUT2D eigenvalue weighted by molar-refractivity contribution is -0.384. The van der Waals surface area contributed by atoms with Gasteiger partial charge in [0.1, 0.15) is 0 Å². The van der Waals surface area contributed by atoms with Crippen LogP contribution in [0, 0.1) is 24.0 Å². The first-order valence-electron chi connectivity index (χ1n) is 6.03. The van der Waals surface area contributed by atoms with Gasteiger partial charge < -0.3 is 5.32 Å². The lowest BCUT2D eigenvalue weighted by Crippen LogP contribution is -2.08. The van der Waals surface area contributed by atoms with Gasteiger partial charge in [-0.05, 0) is 42.8 Å². The van der Waals surface area contributed by atoms with E-state index in [0.29, 0.717) is 4.47 Å². The Morgan fingerprint density at radius 1 is 1.45 bits per heavy atom. The predicted molar refractivity (Wildman–Crippen MR) is 84.4 cm³/mol. The minimum Gasteiger partial charge on any atom is -0.376 e. The third-order valence-corrected chi connectivity index (χ3v) is 4.44. The molecule has 0 aliphatic carbocycles. The predicted octanol–water partition coefficient (Wildman–Crippen LogP) is 4.60. The molecule has 2 aromatic rings.